The molecule has 0 atom stereocenters. The van der Waals surface area contributed by atoms with Crippen LogP contribution in [0.1, 0.15) is 37.8 Å². The maximum Gasteiger partial charge on any atom is 0.339 e. The topological polar surface area (TPSA) is 39.4 Å². The van der Waals surface area contributed by atoms with E-state index in [4.69, 9.17) is 9.15 Å². The highest BCUT2D eigenvalue weighted by Gasteiger charge is 2.11. The van der Waals surface area contributed by atoms with E-state index in [-0.39, 0.29) is 5.63 Å². The molecule has 0 saturated heterocycles. The van der Waals surface area contributed by atoms with Gasteiger partial charge >= 0.3 is 5.63 Å². The smallest absolute Gasteiger partial charge is 0.339 e. The summed E-state index contributed by atoms with van der Waals surface area (Å²) in [5.74, 6) is 0.750. The molecule has 0 fully saturated rings. The SMILES string of the molecule is CCCOc1ccc2c(C)c(CCC)c(=O)oc2c1. The van der Waals surface area contributed by atoms with Crippen LogP contribution in [-0.4, -0.2) is 6.61 Å². The summed E-state index contributed by atoms with van der Waals surface area (Å²) in [5, 5.41) is 0.992. The first-order chi connectivity index (χ1) is 9.17. The summed E-state index contributed by atoms with van der Waals surface area (Å²) in [6, 6.07) is 5.70. The Hall–Kier alpha value is -1.77. The molecule has 0 bridgehead atoms. The predicted molar refractivity (Wildman–Crippen MR) is 77.0 cm³/mol. The molecule has 1 aromatic heterocycles. The number of fused-ring (bicyclic) bond motifs is 1. The zero-order valence-corrected chi connectivity index (χ0v) is 11.8. The fourth-order valence-electron chi connectivity index (χ4n) is 2.22. The van der Waals surface area contributed by atoms with E-state index in [2.05, 4.69) is 13.8 Å². The van der Waals surface area contributed by atoms with Gasteiger partial charge in [-0.15, -0.1) is 0 Å². The summed E-state index contributed by atoms with van der Waals surface area (Å²) in [7, 11) is 0. The highest BCUT2D eigenvalue weighted by Crippen LogP contribution is 2.24. The molecular formula is C16H20O3. The molecule has 2 aromatic rings. The van der Waals surface area contributed by atoms with Crippen molar-refractivity contribution in [3.05, 3.63) is 39.7 Å². The Morgan fingerprint density at radius 1 is 1.21 bits per heavy atom. The van der Waals surface area contributed by atoms with Crippen LogP contribution in [0.3, 0.4) is 0 Å². The molecule has 1 heterocycles. The summed E-state index contributed by atoms with van der Waals surface area (Å²) >= 11 is 0. The van der Waals surface area contributed by atoms with E-state index in [0.717, 1.165) is 41.5 Å². The van der Waals surface area contributed by atoms with Crippen LogP contribution in [0.5, 0.6) is 5.75 Å². The molecule has 3 nitrogen and oxygen atoms in total. The van der Waals surface area contributed by atoms with Crippen molar-refractivity contribution in [3.8, 4) is 5.75 Å². The first kappa shape index (κ1) is 13.7. The molecule has 0 amide bonds. The molecule has 0 aliphatic rings. The first-order valence-corrected chi connectivity index (χ1v) is 6.86. The second-order valence-corrected chi connectivity index (χ2v) is 4.75. The standard InChI is InChI=1S/C16H20O3/c1-4-6-14-11(3)13-8-7-12(18-9-5-2)10-15(13)19-16(14)17/h7-8,10H,4-6,9H2,1-3H3. The van der Waals surface area contributed by atoms with Crippen molar-refractivity contribution < 1.29 is 9.15 Å². The lowest BCUT2D eigenvalue weighted by Gasteiger charge is -2.09. The van der Waals surface area contributed by atoms with Gasteiger partial charge in [0.15, 0.2) is 0 Å². The molecule has 0 saturated carbocycles. The third-order valence-electron chi connectivity index (χ3n) is 3.23. The van der Waals surface area contributed by atoms with Gasteiger partial charge in [-0.3, -0.25) is 0 Å². The van der Waals surface area contributed by atoms with Crippen molar-refractivity contribution in [3.63, 3.8) is 0 Å². The normalized spacial score (nSPS) is 10.9. The predicted octanol–water partition coefficient (Wildman–Crippen LogP) is 3.84. The van der Waals surface area contributed by atoms with Gasteiger partial charge in [-0.1, -0.05) is 20.3 Å². The second kappa shape index (κ2) is 5.91. The minimum atomic E-state index is -0.223. The summed E-state index contributed by atoms with van der Waals surface area (Å²) < 4.78 is 11.0. The van der Waals surface area contributed by atoms with Gasteiger partial charge < -0.3 is 9.15 Å². The molecule has 1 aromatic carbocycles. The van der Waals surface area contributed by atoms with Crippen LogP contribution in [0.15, 0.2) is 27.4 Å². The zero-order valence-electron chi connectivity index (χ0n) is 11.8. The number of benzene rings is 1. The lowest BCUT2D eigenvalue weighted by atomic mass is 10.0. The average molecular weight is 260 g/mol. The third kappa shape index (κ3) is 2.80. The van der Waals surface area contributed by atoms with Crippen LogP contribution < -0.4 is 10.4 Å². The number of hydrogen-bond donors (Lipinski definition) is 0. The van der Waals surface area contributed by atoms with E-state index in [1.165, 1.54) is 0 Å². The van der Waals surface area contributed by atoms with E-state index in [1.54, 1.807) is 6.07 Å². The van der Waals surface area contributed by atoms with Crippen molar-refractivity contribution in [1.82, 2.24) is 0 Å². The molecule has 0 spiro atoms. The molecular weight excluding hydrogens is 240 g/mol. The number of hydrogen-bond acceptors (Lipinski definition) is 3. The summed E-state index contributed by atoms with van der Waals surface area (Å²) in [6.07, 6.45) is 2.66. The molecule has 0 radical (unpaired) electrons. The third-order valence-corrected chi connectivity index (χ3v) is 3.23. The monoisotopic (exact) mass is 260 g/mol. The van der Waals surface area contributed by atoms with Crippen LogP contribution >= 0.6 is 0 Å². The van der Waals surface area contributed by atoms with Crippen LogP contribution in [-0.2, 0) is 6.42 Å². The van der Waals surface area contributed by atoms with Gasteiger partial charge in [0.05, 0.1) is 6.61 Å². The lowest BCUT2D eigenvalue weighted by Crippen LogP contribution is -2.10. The van der Waals surface area contributed by atoms with Crippen molar-refractivity contribution in [2.75, 3.05) is 6.61 Å². The molecule has 2 rings (SSSR count). The Kier molecular flexibility index (Phi) is 4.25. The van der Waals surface area contributed by atoms with E-state index in [0.29, 0.717) is 12.2 Å². The van der Waals surface area contributed by atoms with Gasteiger partial charge in [0.2, 0.25) is 0 Å². The molecule has 102 valence electrons. The van der Waals surface area contributed by atoms with Crippen LogP contribution in [0.25, 0.3) is 11.0 Å². The molecule has 19 heavy (non-hydrogen) atoms. The van der Waals surface area contributed by atoms with E-state index in [1.807, 2.05) is 19.1 Å². The lowest BCUT2D eigenvalue weighted by molar-refractivity contribution is 0.317. The van der Waals surface area contributed by atoms with Gasteiger partial charge in [0, 0.05) is 17.0 Å². The number of aryl methyl sites for hydroxylation is 1. The Balaban J connectivity index is 2.51. The maximum atomic E-state index is 12.0. The van der Waals surface area contributed by atoms with Gasteiger partial charge in [-0.05, 0) is 37.5 Å². The van der Waals surface area contributed by atoms with Gasteiger partial charge in [0.25, 0.3) is 0 Å². The second-order valence-electron chi connectivity index (χ2n) is 4.75. The molecule has 0 aliphatic heterocycles. The summed E-state index contributed by atoms with van der Waals surface area (Å²) in [6.45, 7) is 6.77. The summed E-state index contributed by atoms with van der Waals surface area (Å²) in [4.78, 5) is 12.0. The van der Waals surface area contributed by atoms with Crippen molar-refractivity contribution in [2.45, 2.75) is 40.0 Å². The van der Waals surface area contributed by atoms with Gasteiger partial charge in [0.1, 0.15) is 11.3 Å². The van der Waals surface area contributed by atoms with E-state index >= 15 is 0 Å². The Morgan fingerprint density at radius 3 is 2.68 bits per heavy atom. The quantitative estimate of drug-likeness (QED) is 0.767. The van der Waals surface area contributed by atoms with Crippen molar-refractivity contribution in [2.24, 2.45) is 0 Å². The fraction of sp³-hybridized carbons (Fsp3) is 0.438. The molecule has 0 aliphatic carbocycles. The minimum absolute atomic E-state index is 0.223. The zero-order chi connectivity index (χ0) is 13.8. The Labute approximate surface area is 113 Å². The van der Waals surface area contributed by atoms with Gasteiger partial charge in [-0.25, -0.2) is 4.79 Å². The van der Waals surface area contributed by atoms with Crippen LogP contribution in [0, 0.1) is 6.92 Å². The number of rotatable bonds is 5. The fourth-order valence-corrected chi connectivity index (χ4v) is 2.22. The molecule has 3 heteroatoms. The minimum Gasteiger partial charge on any atom is -0.493 e. The largest absolute Gasteiger partial charge is 0.493 e. The summed E-state index contributed by atoms with van der Waals surface area (Å²) in [5.41, 5.74) is 2.20. The van der Waals surface area contributed by atoms with Crippen molar-refractivity contribution in [1.29, 1.82) is 0 Å². The highest BCUT2D eigenvalue weighted by atomic mass is 16.5. The van der Waals surface area contributed by atoms with Crippen LogP contribution in [0.4, 0.5) is 0 Å². The van der Waals surface area contributed by atoms with E-state index in [9.17, 15) is 4.79 Å². The number of ether oxygens (including phenoxy) is 1. The maximum absolute atomic E-state index is 12.0. The van der Waals surface area contributed by atoms with Crippen LogP contribution in [0.2, 0.25) is 0 Å². The molecule has 0 N–H and O–H groups in total. The highest BCUT2D eigenvalue weighted by molar-refractivity contribution is 5.82. The average Bonchev–Trinajstić information content (AvgIpc) is 2.41. The van der Waals surface area contributed by atoms with Gasteiger partial charge in [-0.2, -0.15) is 0 Å². The van der Waals surface area contributed by atoms with Crippen molar-refractivity contribution >= 4 is 11.0 Å². The molecule has 0 unspecified atom stereocenters. The Bertz CT molecular complexity index is 626. The van der Waals surface area contributed by atoms with E-state index < -0.39 is 0 Å². The Morgan fingerprint density at radius 2 is 2.00 bits per heavy atom. The first-order valence-electron chi connectivity index (χ1n) is 6.86.